The molecule has 5 N–H and O–H groups in total. The second kappa shape index (κ2) is 15.4. The molecule has 1 aromatic rings. The second-order valence-electron chi connectivity index (χ2n) is 12.2. The van der Waals surface area contributed by atoms with Gasteiger partial charge < -0.3 is 54.0 Å². The zero-order chi connectivity index (χ0) is 33.6. The fourth-order valence-electron chi connectivity index (χ4n) is 5.88. The molecule has 9 atom stereocenters. The summed E-state index contributed by atoms with van der Waals surface area (Å²) in [5.74, 6) is -3.20. The fraction of sp³-hybridized carbons (Fsp3) is 0.594. The molecule has 46 heavy (non-hydrogen) atoms. The maximum atomic E-state index is 12.7. The number of esters is 3. The minimum absolute atomic E-state index is 0.0207. The Balaban J connectivity index is 1.50. The molecule has 1 aromatic carbocycles. The van der Waals surface area contributed by atoms with E-state index in [1.54, 1.807) is 12.1 Å². The predicted molar refractivity (Wildman–Crippen MR) is 157 cm³/mol. The van der Waals surface area contributed by atoms with Gasteiger partial charge in [0, 0.05) is 19.4 Å². The monoisotopic (exact) mass is 650 g/mol. The number of fused-ring (bicyclic) bond motifs is 1. The molecule has 0 unspecified atom stereocenters. The summed E-state index contributed by atoms with van der Waals surface area (Å²) in [7, 11) is 0. The van der Waals surface area contributed by atoms with E-state index in [9.17, 15) is 39.9 Å². The molecule has 0 radical (unpaired) electrons. The third kappa shape index (κ3) is 8.63. The van der Waals surface area contributed by atoms with Crippen LogP contribution in [-0.2, 0) is 42.8 Å². The number of rotatable bonds is 12. The Bertz CT molecular complexity index is 1280. The Kier molecular flexibility index (Phi) is 11.8. The van der Waals surface area contributed by atoms with Crippen LogP contribution >= 0.6 is 0 Å². The lowest BCUT2D eigenvalue weighted by molar-refractivity contribution is -0.302. The van der Waals surface area contributed by atoms with Crippen molar-refractivity contribution < 1.29 is 68.3 Å². The van der Waals surface area contributed by atoms with E-state index in [2.05, 4.69) is 0 Å². The van der Waals surface area contributed by atoms with Crippen LogP contribution in [0.4, 0.5) is 0 Å². The quantitative estimate of drug-likeness (QED) is 0.121. The highest BCUT2D eigenvalue weighted by atomic mass is 16.7. The van der Waals surface area contributed by atoms with Crippen LogP contribution in [0.3, 0.4) is 0 Å². The largest absolute Gasteiger partial charge is 0.508 e. The van der Waals surface area contributed by atoms with Gasteiger partial charge in [0.1, 0.15) is 36.3 Å². The van der Waals surface area contributed by atoms with Crippen molar-refractivity contribution >= 4 is 24.0 Å². The predicted octanol–water partition coefficient (Wildman–Crippen LogP) is 0.923. The van der Waals surface area contributed by atoms with Crippen molar-refractivity contribution in [3.8, 4) is 5.75 Å². The SMILES string of the molecule is CC(=O)OC[C@@]1(O)CC[C@H]2C(CO[C@@H]3O[C@@H](CO)[C@@H](O)[C@@H](O)[C@H]3OC(=O)C=Cc3ccc(O)cc3)=CO[C@H](OC(=O)CC(C)C)[C@H]21. The average molecular weight is 651 g/mol. The van der Waals surface area contributed by atoms with Crippen LogP contribution < -0.4 is 0 Å². The van der Waals surface area contributed by atoms with Crippen molar-refractivity contribution in [2.45, 2.75) is 82.6 Å². The molecule has 0 amide bonds. The Morgan fingerprint density at radius 1 is 1.09 bits per heavy atom. The molecule has 3 aliphatic rings. The zero-order valence-electron chi connectivity index (χ0n) is 25.9. The fourth-order valence-corrected chi connectivity index (χ4v) is 5.88. The highest BCUT2D eigenvalue weighted by Gasteiger charge is 2.57. The van der Waals surface area contributed by atoms with Gasteiger partial charge in [0.2, 0.25) is 6.29 Å². The van der Waals surface area contributed by atoms with Gasteiger partial charge in [0.05, 0.1) is 25.4 Å². The number of hydrogen-bond acceptors (Lipinski definition) is 14. The lowest BCUT2D eigenvalue weighted by atomic mass is 9.81. The molecule has 0 aromatic heterocycles. The summed E-state index contributed by atoms with van der Waals surface area (Å²) in [6, 6.07) is 6.01. The van der Waals surface area contributed by atoms with Crippen molar-refractivity contribution in [1.29, 1.82) is 0 Å². The van der Waals surface area contributed by atoms with Crippen LogP contribution in [0.15, 0.2) is 42.2 Å². The number of aliphatic hydroxyl groups is 4. The summed E-state index contributed by atoms with van der Waals surface area (Å²) in [5.41, 5.74) is -0.480. The van der Waals surface area contributed by atoms with E-state index in [1.165, 1.54) is 31.4 Å². The van der Waals surface area contributed by atoms with Gasteiger partial charge in [-0.1, -0.05) is 26.0 Å². The zero-order valence-corrected chi connectivity index (χ0v) is 25.9. The summed E-state index contributed by atoms with van der Waals surface area (Å²) in [6.45, 7) is 3.70. The van der Waals surface area contributed by atoms with E-state index >= 15 is 0 Å². The summed E-state index contributed by atoms with van der Waals surface area (Å²) in [6.07, 6.45) is -4.07. The van der Waals surface area contributed by atoms with Gasteiger partial charge >= 0.3 is 17.9 Å². The summed E-state index contributed by atoms with van der Waals surface area (Å²) in [5, 5.41) is 52.0. The van der Waals surface area contributed by atoms with Gasteiger partial charge in [0.25, 0.3) is 0 Å². The van der Waals surface area contributed by atoms with Crippen molar-refractivity contribution in [3.05, 3.63) is 47.7 Å². The molecule has 1 saturated heterocycles. The molecular weight excluding hydrogens is 608 g/mol. The molecule has 2 heterocycles. The topological polar surface area (TPSA) is 208 Å². The van der Waals surface area contributed by atoms with Crippen LogP contribution in [0.5, 0.6) is 5.75 Å². The van der Waals surface area contributed by atoms with Crippen molar-refractivity contribution in [2.75, 3.05) is 19.8 Å². The van der Waals surface area contributed by atoms with Crippen LogP contribution in [0.25, 0.3) is 6.08 Å². The van der Waals surface area contributed by atoms with E-state index in [-0.39, 0.29) is 37.7 Å². The Morgan fingerprint density at radius 3 is 2.46 bits per heavy atom. The molecule has 254 valence electrons. The number of aromatic hydroxyl groups is 1. The van der Waals surface area contributed by atoms with Crippen molar-refractivity contribution in [2.24, 2.45) is 17.8 Å². The smallest absolute Gasteiger partial charge is 0.331 e. The van der Waals surface area contributed by atoms with E-state index < -0.39 is 78.9 Å². The second-order valence-corrected chi connectivity index (χ2v) is 12.2. The number of phenolic OH excluding ortho intramolecular Hbond substituents is 1. The van der Waals surface area contributed by atoms with Crippen LogP contribution in [0.2, 0.25) is 0 Å². The van der Waals surface area contributed by atoms with Gasteiger partial charge in [-0.15, -0.1) is 0 Å². The van der Waals surface area contributed by atoms with Gasteiger partial charge in [-0.05, 0) is 54.0 Å². The number of ether oxygens (including phenoxy) is 6. The van der Waals surface area contributed by atoms with E-state index in [0.29, 0.717) is 17.6 Å². The third-order valence-corrected chi connectivity index (χ3v) is 8.21. The first-order chi connectivity index (χ1) is 21.8. The molecule has 14 heteroatoms. The molecule has 0 bridgehead atoms. The molecule has 2 aliphatic heterocycles. The van der Waals surface area contributed by atoms with Crippen LogP contribution in [0.1, 0.15) is 45.6 Å². The lowest BCUT2D eigenvalue weighted by Crippen LogP contribution is -2.60. The summed E-state index contributed by atoms with van der Waals surface area (Å²) >= 11 is 0. The number of carbonyl (C=O) groups is 3. The number of phenols is 1. The minimum atomic E-state index is -1.68. The lowest BCUT2D eigenvalue weighted by Gasteiger charge is -2.42. The Hall–Kier alpha value is -3.53. The first kappa shape index (κ1) is 35.3. The average Bonchev–Trinajstić information content (AvgIpc) is 3.36. The van der Waals surface area contributed by atoms with Crippen LogP contribution in [0, 0.1) is 17.8 Å². The molecule has 4 rings (SSSR count). The minimum Gasteiger partial charge on any atom is -0.508 e. The Labute approximate surface area is 266 Å². The molecule has 1 saturated carbocycles. The maximum Gasteiger partial charge on any atom is 0.331 e. The number of carbonyl (C=O) groups excluding carboxylic acids is 3. The third-order valence-electron chi connectivity index (χ3n) is 8.21. The van der Waals surface area contributed by atoms with E-state index in [0.717, 1.165) is 6.08 Å². The maximum absolute atomic E-state index is 12.7. The number of benzene rings is 1. The summed E-state index contributed by atoms with van der Waals surface area (Å²) in [4.78, 5) is 36.8. The molecule has 2 fully saturated rings. The standard InChI is InChI=1S/C32H42O14/c1-17(2)12-25(37)46-30-26-22(10-11-32(26,40)16-43-18(3)34)20(14-41-30)15-42-31-29(28(39)27(38)23(13-33)44-31)45-24(36)9-6-19-4-7-21(35)8-5-19/h4-9,14,17,22-23,26-31,33,35,38-40H,10-13,15-16H2,1-3H3/t22-,23-,26-,27+,28+,29+,30+,31+,32-/m0/s1. The van der Waals surface area contributed by atoms with Gasteiger partial charge in [-0.2, -0.15) is 0 Å². The molecule has 1 aliphatic carbocycles. The molecule has 14 nitrogen and oxygen atoms in total. The Morgan fingerprint density at radius 2 is 1.80 bits per heavy atom. The first-order valence-corrected chi connectivity index (χ1v) is 15.1. The van der Waals surface area contributed by atoms with Crippen molar-refractivity contribution in [3.63, 3.8) is 0 Å². The highest BCUT2D eigenvalue weighted by Crippen LogP contribution is 2.49. The van der Waals surface area contributed by atoms with Crippen molar-refractivity contribution in [1.82, 2.24) is 0 Å². The number of aliphatic hydroxyl groups excluding tert-OH is 3. The normalized spacial score (nSPS) is 32.4. The van der Waals surface area contributed by atoms with Gasteiger partial charge in [-0.25, -0.2) is 4.79 Å². The summed E-state index contributed by atoms with van der Waals surface area (Å²) < 4.78 is 33.6. The van der Waals surface area contributed by atoms with Gasteiger partial charge in [-0.3, -0.25) is 9.59 Å². The number of hydrogen-bond donors (Lipinski definition) is 5. The highest BCUT2D eigenvalue weighted by molar-refractivity contribution is 5.87. The first-order valence-electron chi connectivity index (χ1n) is 15.1. The molecule has 0 spiro atoms. The van der Waals surface area contributed by atoms with E-state index in [1.807, 2.05) is 13.8 Å². The van der Waals surface area contributed by atoms with Crippen LogP contribution in [-0.4, -0.2) is 106 Å². The molecular formula is C32H42O14. The van der Waals surface area contributed by atoms with E-state index in [4.69, 9.17) is 28.4 Å². The van der Waals surface area contributed by atoms with Gasteiger partial charge in [0.15, 0.2) is 12.4 Å².